The predicted octanol–water partition coefficient (Wildman–Crippen LogP) is 10.6. The summed E-state index contributed by atoms with van der Waals surface area (Å²) in [6.45, 7) is 6.51. The summed E-state index contributed by atoms with van der Waals surface area (Å²) in [6.07, 6.45) is 33.0. The van der Waals surface area contributed by atoms with E-state index < -0.39 is 0 Å². The molecule has 0 nitrogen and oxygen atoms in total. The Bertz CT molecular complexity index is 563. The maximum Gasteiger partial charge on any atom is -0.0155 e. The highest BCUT2D eigenvalue weighted by Gasteiger charge is 2.03. The van der Waals surface area contributed by atoms with Crippen molar-refractivity contribution >= 4 is 12.2 Å². The minimum atomic E-state index is 1.21. The van der Waals surface area contributed by atoms with Gasteiger partial charge in [0.2, 0.25) is 0 Å². The molecule has 0 aromatic heterocycles. The lowest BCUT2D eigenvalue weighted by Gasteiger charge is -2.10. The number of benzene rings is 1. The lowest BCUT2D eigenvalue weighted by atomic mass is 9.95. The fourth-order valence-electron chi connectivity index (χ4n) is 4.41. The number of unbranched alkanes of at least 4 members (excludes halogenated alkanes) is 15. The van der Waals surface area contributed by atoms with Crippen LogP contribution in [-0.4, -0.2) is 0 Å². The molecule has 1 aromatic carbocycles. The van der Waals surface area contributed by atoms with E-state index in [4.69, 9.17) is 0 Å². The van der Waals surface area contributed by atoms with Gasteiger partial charge < -0.3 is 0 Å². The quantitative estimate of drug-likeness (QED) is 0.199. The van der Waals surface area contributed by atoms with Crippen molar-refractivity contribution in [3.63, 3.8) is 0 Å². The van der Waals surface area contributed by atoms with Crippen LogP contribution in [-0.2, 0) is 6.42 Å². The molecule has 170 valence electrons. The Morgan fingerprint density at radius 2 is 1.03 bits per heavy atom. The van der Waals surface area contributed by atoms with Crippen molar-refractivity contribution in [1.82, 2.24) is 0 Å². The zero-order valence-corrected chi connectivity index (χ0v) is 20.6. The van der Waals surface area contributed by atoms with Crippen molar-refractivity contribution in [2.45, 2.75) is 130 Å². The Morgan fingerprint density at radius 3 is 1.50 bits per heavy atom. The van der Waals surface area contributed by atoms with E-state index in [0.717, 1.165) is 0 Å². The molecule has 0 aliphatic carbocycles. The van der Waals surface area contributed by atoms with Gasteiger partial charge in [0, 0.05) is 0 Å². The molecule has 0 fully saturated rings. The van der Waals surface area contributed by atoms with Crippen LogP contribution in [0, 0.1) is 0 Å². The molecule has 30 heavy (non-hydrogen) atoms. The largest absolute Gasteiger partial charge is 0.0870 e. The molecule has 1 rings (SSSR count). The second-order valence-corrected chi connectivity index (χ2v) is 8.97. The summed E-state index contributed by atoms with van der Waals surface area (Å²) in [4.78, 5) is 0. The van der Waals surface area contributed by atoms with E-state index in [-0.39, 0.29) is 0 Å². The van der Waals surface area contributed by atoms with Crippen LogP contribution in [0.4, 0.5) is 0 Å². The zero-order chi connectivity index (χ0) is 21.7. The summed E-state index contributed by atoms with van der Waals surface area (Å²) >= 11 is 0. The fourth-order valence-corrected chi connectivity index (χ4v) is 4.41. The van der Waals surface area contributed by atoms with E-state index in [1.165, 1.54) is 126 Å². The maximum absolute atomic E-state index is 2.31. The average Bonchev–Trinajstić information content (AvgIpc) is 2.75. The summed E-state index contributed by atoms with van der Waals surface area (Å²) in [5.41, 5.74) is 4.28. The van der Waals surface area contributed by atoms with Crippen molar-refractivity contribution in [1.29, 1.82) is 0 Å². The summed E-state index contributed by atoms with van der Waals surface area (Å²) < 4.78 is 0. The summed E-state index contributed by atoms with van der Waals surface area (Å²) in [7, 11) is 0. The Balaban J connectivity index is 2.01. The topological polar surface area (TPSA) is 0 Å². The molecule has 0 N–H and O–H groups in total. The second kappa shape index (κ2) is 19.7. The van der Waals surface area contributed by atoms with E-state index in [9.17, 15) is 0 Å². The Labute approximate surface area is 189 Å². The van der Waals surface area contributed by atoms with E-state index in [1.807, 2.05) is 0 Å². The predicted molar refractivity (Wildman–Crippen MR) is 139 cm³/mol. The molecule has 0 saturated carbocycles. The third-order valence-electron chi connectivity index (χ3n) is 6.21. The molecule has 0 amide bonds. The van der Waals surface area contributed by atoms with Crippen LogP contribution in [0.5, 0.6) is 0 Å². The molecular formula is C30H50. The first-order valence-corrected chi connectivity index (χ1v) is 13.2. The average molecular weight is 411 g/mol. The molecule has 1 aromatic rings. The Morgan fingerprint density at radius 1 is 0.567 bits per heavy atom. The third-order valence-corrected chi connectivity index (χ3v) is 6.21. The third kappa shape index (κ3) is 13.1. The molecule has 0 heterocycles. The number of hydrogen-bond donors (Lipinski definition) is 0. The minimum absolute atomic E-state index is 1.21. The maximum atomic E-state index is 2.31. The van der Waals surface area contributed by atoms with Crippen LogP contribution in [0.3, 0.4) is 0 Å². The van der Waals surface area contributed by atoms with Crippen molar-refractivity contribution < 1.29 is 0 Å². The van der Waals surface area contributed by atoms with Gasteiger partial charge in [-0.05, 0) is 43.4 Å². The fraction of sp³-hybridized carbons (Fsp3) is 0.667. The van der Waals surface area contributed by atoms with E-state index >= 15 is 0 Å². The first-order chi connectivity index (χ1) is 14.8. The van der Waals surface area contributed by atoms with Crippen molar-refractivity contribution in [2.24, 2.45) is 0 Å². The molecular weight excluding hydrogens is 360 g/mol. The normalized spacial score (nSPS) is 11.8. The molecule has 0 aliphatic rings. The Hall–Kier alpha value is -1.30. The first-order valence-electron chi connectivity index (χ1n) is 13.2. The van der Waals surface area contributed by atoms with Crippen LogP contribution in [0.25, 0.3) is 12.2 Å². The highest BCUT2D eigenvalue weighted by atomic mass is 14.1. The van der Waals surface area contributed by atoms with Gasteiger partial charge >= 0.3 is 0 Å². The summed E-state index contributed by atoms with van der Waals surface area (Å²) in [6, 6.07) is 6.75. The van der Waals surface area contributed by atoms with Crippen LogP contribution in [0.15, 0.2) is 30.4 Å². The van der Waals surface area contributed by atoms with Gasteiger partial charge in [-0.1, -0.05) is 146 Å². The number of hydrogen-bond acceptors (Lipinski definition) is 0. The van der Waals surface area contributed by atoms with Gasteiger partial charge in [-0.3, -0.25) is 0 Å². The molecule has 0 bridgehead atoms. The molecule has 0 unspecified atom stereocenters. The van der Waals surface area contributed by atoms with Gasteiger partial charge in [0.15, 0.2) is 0 Å². The molecule has 0 saturated heterocycles. The Kier molecular flexibility index (Phi) is 17.5. The van der Waals surface area contributed by atoms with Crippen molar-refractivity contribution in [3.8, 4) is 0 Å². The minimum Gasteiger partial charge on any atom is -0.0870 e. The molecule has 0 spiro atoms. The summed E-state index contributed by atoms with van der Waals surface area (Å²) in [5, 5.41) is 0. The van der Waals surface area contributed by atoms with E-state index in [0.29, 0.717) is 0 Å². The van der Waals surface area contributed by atoms with E-state index in [1.54, 1.807) is 0 Å². The summed E-state index contributed by atoms with van der Waals surface area (Å²) in [5.74, 6) is 0. The lowest BCUT2D eigenvalue weighted by molar-refractivity contribution is 0.529. The second-order valence-electron chi connectivity index (χ2n) is 8.97. The van der Waals surface area contributed by atoms with Crippen molar-refractivity contribution in [3.05, 3.63) is 47.0 Å². The van der Waals surface area contributed by atoms with E-state index in [2.05, 4.69) is 63.3 Å². The lowest BCUT2D eigenvalue weighted by Crippen LogP contribution is -1.93. The van der Waals surface area contributed by atoms with Crippen LogP contribution in [0.1, 0.15) is 140 Å². The van der Waals surface area contributed by atoms with Crippen LogP contribution >= 0.6 is 0 Å². The standard InChI is InChI=1S/C30H50/c1-4-7-8-9-10-11-12-13-14-15-16-17-18-19-20-21-25-29-27-22-26-28(23-5-2)30(29)24-6-3/h5-6,22-24,26-27H,4,7-21,25H2,1-3H3. The molecule has 0 atom stereocenters. The monoisotopic (exact) mass is 410 g/mol. The number of aryl methyl sites for hydroxylation is 1. The smallest absolute Gasteiger partial charge is 0.0155 e. The molecule has 0 heteroatoms. The number of rotatable bonds is 19. The number of allylic oxidation sites excluding steroid dienone is 2. The van der Waals surface area contributed by atoms with Crippen molar-refractivity contribution in [2.75, 3.05) is 0 Å². The molecule has 0 radical (unpaired) electrons. The van der Waals surface area contributed by atoms with Crippen LogP contribution < -0.4 is 0 Å². The van der Waals surface area contributed by atoms with Gasteiger partial charge in [0.1, 0.15) is 0 Å². The SMILES string of the molecule is CC=Cc1cccc(CCCCCCCCCCCCCCCCCC)c1C=CC. The van der Waals surface area contributed by atoms with Gasteiger partial charge in [0.05, 0.1) is 0 Å². The van der Waals surface area contributed by atoms with Gasteiger partial charge in [-0.2, -0.15) is 0 Å². The van der Waals surface area contributed by atoms with Crippen LogP contribution in [0.2, 0.25) is 0 Å². The van der Waals surface area contributed by atoms with Gasteiger partial charge in [0.25, 0.3) is 0 Å². The van der Waals surface area contributed by atoms with Gasteiger partial charge in [-0.15, -0.1) is 0 Å². The highest BCUT2D eigenvalue weighted by molar-refractivity contribution is 5.67. The molecule has 0 aliphatic heterocycles. The zero-order valence-electron chi connectivity index (χ0n) is 20.6. The first kappa shape index (κ1) is 26.7. The van der Waals surface area contributed by atoms with Gasteiger partial charge in [-0.25, -0.2) is 0 Å². The highest BCUT2D eigenvalue weighted by Crippen LogP contribution is 2.21.